The van der Waals surface area contributed by atoms with Crippen LogP contribution >= 0.6 is 0 Å². The Morgan fingerprint density at radius 3 is 2.65 bits per heavy atom. The second-order valence-corrected chi connectivity index (χ2v) is 10.3. The largest absolute Gasteiger partial charge is 0.433 e. The van der Waals surface area contributed by atoms with E-state index in [0.29, 0.717) is 12.8 Å². The number of aryl methyl sites for hydroxylation is 1. The number of hydrogen-bond acceptors (Lipinski definition) is 7. The lowest BCUT2D eigenvalue weighted by Gasteiger charge is -2.24. The third kappa shape index (κ3) is 7.82. The Labute approximate surface area is 210 Å². The van der Waals surface area contributed by atoms with Crippen LogP contribution in [-0.2, 0) is 38.1 Å². The van der Waals surface area contributed by atoms with E-state index in [1.807, 2.05) is 0 Å². The third-order valence-electron chi connectivity index (χ3n) is 5.64. The third-order valence-corrected chi connectivity index (χ3v) is 7.00. The minimum absolute atomic E-state index is 0.0567. The molecule has 2 aromatic rings. The summed E-state index contributed by atoms with van der Waals surface area (Å²) in [6.07, 6.45) is -3.65. The summed E-state index contributed by atoms with van der Waals surface area (Å²) < 4.78 is 81.0. The zero-order valence-electron chi connectivity index (χ0n) is 19.8. The summed E-state index contributed by atoms with van der Waals surface area (Å²) in [6, 6.07) is 3.91. The molecular weight excluding hydrogens is 520 g/mol. The van der Waals surface area contributed by atoms with Gasteiger partial charge < -0.3 is 16.0 Å². The van der Waals surface area contributed by atoms with Gasteiger partial charge in [0.25, 0.3) is 0 Å². The molecule has 0 spiro atoms. The van der Waals surface area contributed by atoms with E-state index in [1.54, 1.807) is 0 Å². The number of likely N-dealkylation sites (tertiary alicyclic amines) is 1. The molecule has 0 bridgehead atoms. The molecule has 0 radical (unpaired) electrons. The number of alkyl halides is 3. The molecule has 10 nitrogen and oxygen atoms in total. The number of nitrogens with one attached hydrogen (secondary N) is 2. The average Bonchev–Trinajstić information content (AvgIpc) is 2.93. The number of anilines is 1. The fraction of sp³-hybridized carbons (Fsp3) is 0.455. The summed E-state index contributed by atoms with van der Waals surface area (Å²) in [6.45, 7) is 0.419. The topological polar surface area (TPSA) is 147 Å². The highest BCUT2D eigenvalue weighted by atomic mass is 32.2. The van der Waals surface area contributed by atoms with Gasteiger partial charge in [0, 0.05) is 24.3 Å². The van der Waals surface area contributed by atoms with E-state index >= 15 is 0 Å². The first-order chi connectivity index (χ1) is 17.2. The van der Waals surface area contributed by atoms with Crippen molar-refractivity contribution in [2.24, 2.45) is 0 Å². The molecule has 2 amide bonds. The Morgan fingerprint density at radius 1 is 1.24 bits per heavy atom. The van der Waals surface area contributed by atoms with Gasteiger partial charge in [0.1, 0.15) is 11.9 Å². The molecule has 2 heterocycles. The van der Waals surface area contributed by atoms with E-state index in [1.165, 1.54) is 25.1 Å². The quantitative estimate of drug-likeness (QED) is 0.427. The molecule has 1 aliphatic heterocycles. The second kappa shape index (κ2) is 11.4. The zero-order valence-corrected chi connectivity index (χ0v) is 20.6. The molecule has 1 aliphatic rings. The van der Waals surface area contributed by atoms with Crippen LogP contribution in [0, 0.1) is 12.7 Å². The van der Waals surface area contributed by atoms with Crippen molar-refractivity contribution in [2.45, 2.75) is 50.7 Å². The van der Waals surface area contributed by atoms with Crippen molar-refractivity contribution in [3.8, 4) is 0 Å². The molecule has 0 aliphatic carbocycles. The highest BCUT2D eigenvalue weighted by Crippen LogP contribution is 2.31. The summed E-state index contributed by atoms with van der Waals surface area (Å²) in [4.78, 5) is 33.6. The maximum atomic E-state index is 13.4. The van der Waals surface area contributed by atoms with Gasteiger partial charge in [0.15, 0.2) is 5.69 Å². The first kappa shape index (κ1) is 28.2. The molecule has 1 saturated heterocycles. The van der Waals surface area contributed by atoms with Crippen molar-refractivity contribution >= 4 is 27.8 Å². The molecule has 1 aromatic carbocycles. The van der Waals surface area contributed by atoms with Crippen molar-refractivity contribution in [1.29, 1.82) is 0 Å². The van der Waals surface area contributed by atoms with Crippen LogP contribution in [0.25, 0.3) is 0 Å². The van der Waals surface area contributed by atoms with E-state index in [4.69, 9.17) is 5.73 Å². The van der Waals surface area contributed by atoms with Crippen LogP contribution in [0.15, 0.2) is 24.3 Å². The normalized spacial score (nSPS) is 16.9. The maximum Gasteiger partial charge on any atom is 0.433 e. The van der Waals surface area contributed by atoms with Gasteiger partial charge in [-0.15, -0.1) is 0 Å². The summed E-state index contributed by atoms with van der Waals surface area (Å²) >= 11 is 0. The summed E-state index contributed by atoms with van der Waals surface area (Å²) in [5, 5.41) is 2.33. The van der Waals surface area contributed by atoms with Gasteiger partial charge in [-0.2, -0.15) is 13.2 Å². The number of benzene rings is 1. The van der Waals surface area contributed by atoms with E-state index in [9.17, 15) is 35.6 Å². The molecule has 0 unspecified atom stereocenters. The first-order valence-corrected chi connectivity index (χ1v) is 12.9. The smallest absolute Gasteiger partial charge is 0.368 e. The number of nitrogens with zero attached hydrogens (tertiary/aromatic N) is 3. The molecule has 0 saturated carbocycles. The second-order valence-electron chi connectivity index (χ2n) is 8.58. The number of halogens is 4. The molecule has 1 fully saturated rings. The van der Waals surface area contributed by atoms with Crippen molar-refractivity contribution in [1.82, 2.24) is 24.9 Å². The molecule has 37 heavy (non-hydrogen) atoms. The fourth-order valence-electron chi connectivity index (χ4n) is 3.96. The van der Waals surface area contributed by atoms with Gasteiger partial charge in [-0.1, -0.05) is 12.1 Å². The monoisotopic (exact) mass is 546 g/mol. The van der Waals surface area contributed by atoms with Crippen molar-refractivity contribution in [3.05, 3.63) is 52.6 Å². The van der Waals surface area contributed by atoms with Gasteiger partial charge >= 0.3 is 6.18 Å². The summed E-state index contributed by atoms with van der Waals surface area (Å²) in [5.41, 5.74) is 3.84. The van der Waals surface area contributed by atoms with Crippen LogP contribution in [0.5, 0.6) is 0 Å². The summed E-state index contributed by atoms with van der Waals surface area (Å²) in [7, 11) is -4.02. The molecule has 1 atom stereocenters. The number of nitrogens with two attached hydrogens (primary N) is 1. The lowest BCUT2D eigenvalue weighted by Crippen LogP contribution is -2.50. The number of sulfonamides is 1. The Hall–Kier alpha value is -3.33. The lowest BCUT2D eigenvalue weighted by molar-refractivity contribution is -0.142. The molecule has 1 aromatic heterocycles. The zero-order chi connectivity index (χ0) is 27.4. The number of carbonyl (C=O) groups is 2. The Kier molecular flexibility index (Phi) is 8.68. The molecular formula is C22H26F4N6O4S. The number of rotatable bonds is 8. The lowest BCUT2D eigenvalue weighted by atomic mass is 10.1. The number of aromatic nitrogens is 2. The minimum Gasteiger partial charge on any atom is -0.368 e. The maximum absolute atomic E-state index is 13.4. The van der Waals surface area contributed by atoms with E-state index < -0.39 is 70.4 Å². The van der Waals surface area contributed by atoms with Crippen molar-refractivity contribution in [3.63, 3.8) is 0 Å². The van der Waals surface area contributed by atoms with E-state index in [2.05, 4.69) is 20.0 Å². The predicted molar refractivity (Wildman–Crippen MR) is 124 cm³/mol. The summed E-state index contributed by atoms with van der Waals surface area (Å²) in [5.74, 6) is -3.08. The average molecular weight is 547 g/mol. The van der Waals surface area contributed by atoms with Gasteiger partial charge in [-0.3, -0.25) is 9.59 Å². The minimum atomic E-state index is -4.82. The van der Waals surface area contributed by atoms with Gasteiger partial charge in [0.2, 0.25) is 27.8 Å². The number of nitrogen functional groups attached to an aromatic ring is 1. The van der Waals surface area contributed by atoms with Gasteiger partial charge in [-0.05, 0) is 43.9 Å². The molecule has 202 valence electrons. The number of amides is 2. The van der Waals surface area contributed by atoms with Gasteiger partial charge in [0.05, 0.1) is 12.3 Å². The molecule has 15 heteroatoms. The predicted octanol–water partition coefficient (Wildman–Crippen LogP) is 1.64. The van der Waals surface area contributed by atoms with Crippen LogP contribution < -0.4 is 15.8 Å². The highest BCUT2D eigenvalue weighted by Gasteiger charge is 2.37. The molecule has 3 rings (SSSR count). The Balaban J connectivity index is 1.65. The van der Waals surface area contributed by atoms with E-state index in [-0.39, 0.29) is 29.8 Å². The highest BCUT2D eigenvalue weighted by molar-refractivity contribution is 7.88. The first-order valence-electron chi connectivity index (χ1n) is 11.3. The van der Waals surface area contributed by atoms with Crippen molar-refractivity contribution < 1.29 is 35.6 Å². The van der Waals surface area contributed by atoms with Crippen LogP contribution in [-0.4, -0.2) is 54.2 Å². The SMILES string of the molecule is Cc1nc(N)nc(C(F)(F)F)c1CNC(=O)CN1CCCC[C@H](NS(=O)(=O)Cc2cccc(F)c2)C1=O. The Bertz CT molecular complexity index is 1270. The fourth-order valence-corrected chi connectivity index (χ4v) is 5.31. The van der Waals surface area contributed by atoms with Crippen LogP contribution in [0.2, 0.25) is 0 Å². The van der Waals surface area contributed by atoms with E-state index in [0.717, 1.165) is 11.0 Å². The number of carbonyl (C=O) groups excluding carboxylic acids is 2. The Morgan fingerprint density at radius 2 is 1.97 bits per heavy atom. The molecule has 4 N–H and O–H groups in total. The van der Waals surface area contributed by atoms with Crippen LogP contribution in [0.1, 0.15) is 41.8 Å². The van der Waals surface area contributed by atoms with Crippen LogP contribution in [0.3, 0.4) is 0 Å². The van der Waals surface area contributed by atoms with Gasteiger partial charge in [-0.25, -0.2) is 27.5 Å². The number of hydrogen-bond donors (Lipinski definition) is 3. The standard InChI is InChI=1S/C22H26F4N6O4S/c1-13-16(19(22(24,25)26)30-21(27)29-13)10-28-18(33)11-32-8-3-2-7-17(20(32)34)31-37(35,36)12-14-5-4-6-15(23)9-14/h4-6,9,17,31H,2-3,7-8,10-12H2,1H3,(H,28,33)(H2,27,29,30)/t17-/m0/s1. The van der Waals surface area contributed by atoms with Crippen molar-refractivity contribution in [2.75, 3.05) is 18.8 Å². The van der Waals surface area contributed by atoms with Crippen LogP contribution in [0.4, 0.5) is 23.5 Å².